The quantitative estimate of drug-likeness (QED) is 0.237. The molecular weight excluding hydrogens is 412 g/mol. The molecule has 1 nitrogen and oxygen atoms in total. The summed E-state index contributed by atoms with van der Waals surface area (Å²) >= 11 is 6.40. The predicted molar refractivity (Wildman–Crippen MR) is 134 cm³/mol. The fourth-order valence-corrected chi connectivity index (χ4v) is 6.41. The van der Waals surface area contributed by atoms with Gasteiger partial charge in [-0.1, -0.05) is 69.6 Å². The molecule has 1 heterocycles. The van der Waals surface area contributed by atoms with Gasteiger partial charge in [0.05, 0.1) is 0 Å². The van der Waals surface area contributed by atoms with Crippen LogP contribution in [-0.4, -0.2) is 0 Å². The van der Waals surface area contributed by atoms with E-state index >= 15 is 0 Å². The fourth-order valence-electron chi connectivity index (χ4n) is 6.24. The summed E-state index contributed by atoms with van der Waals surface area (Å²) in [6, 6.07) is 24.0. The molecule has 2 aliphatic carbocycles. The van der Waals surface area contributed by atoms with Crippen molar-refractivity contribution >= 4 is 33.5 Å². The van der Waals surface area contributed by atoms with Gasteiger partial charge in [-0.2, -0.15) is 0 Å². The Hall–Kier alpha value is -3.03. The van der Waals surface area contributed by atoms with Crippen molar-refractivity contribution in [2.24, 2.45) is 0 Å². The summed E-state index contributed by atoms with van der Waals surface area (Å²) in [5.41, 5.74) is 12.5. The first-order chi connectivity index (χ1) is 15.3. The summed E-state index contributed by atoms with van der Waals surface area (Å²) in [7, 11) is 0. The Kier molecular flexibility index (Phi) is 3.28. The van der Waals surface area contributed by atoms with E-state index < -0.39 is 0 Å². The van der Waals surface area contributed by atoms with Gasteiger partial charge in [0.2, 0.25) is 0 Å². The second-order valence-electron chi connectivity index (χ2n) is 10.3. The summed E-state index contributed by atoms with van der Waals surface area (Å²) in [5, 5.41) is 3.23. The number of benzene rings is 4. The van der Waals surface area contributed by atoms with Crippen LogP contribution in [0.15, 0.2) is 71.1 Å². The lowest BCUT2D eigenvalue weighted by molar-refractivity contribution is 0.651. The monoisotopic (exact) mass is 434 g/mol. The molecule has 0 bridgehead atoms. The van der Waals surface area contributed by atoms with Crippen LogP contribution in [0.25, 0.3) is 44.2 Å². The zero-order valence-electron chi connectivity index (χ0n) is 18.6. The topological polar surface area (TPSA) is 13.1 Å². The van der Waals surface area contributed by atoms with Gasteiger partial charge in [-0.15, -0.1) is 0 Å². The second kappa shape index (κ2) is 5.66. The number of rotatable bonds is 0. The molecule has 5 aromatic rings. The van der Waals surface area contributed by atoms with Crippen molar-refractivity contribution in [3.8, 4) is 22.3 Å². The van der Waals surface area contributed by atoms with Crippen LogP contribution in [0.2, 0.25) is 5.02 Å². The molecule has 32 heavy (non-hydrogen) atoms. The molecule has 0 unspecified atom stereocenters. The maximum atomic E-state index is 6.40. The Morgan fingerprint density at radius 2 is 1.31 bits per heavy atom. The number of hydrogen-bond donors (Lipinski definition) is 0. The molecule has 4 aromatic carbocycles. The molecule has 0 radical (unpaired) electrons. The molecule has 0 spiro atoms. The molecule has 2 aliphatic rings. The second-order valence-corrected chi connectivity index (χ2v) is 10.8. The van der Waals surface area contributed by atoms with Crippen molar-refractivity contribution in [2.45, 2.75) is 38.5 Å². The zero-order chi connectivity index (χ0) is 22.0. The molecule has 1 aromatic heterocycles. The Morgan fingerprint density at radius 1 is 0.625 bits per heavy atom. The average Bonchev–Trinajstić information content (AvgIpc) is 3.33. The third-order valence-corrected chi connectivity index (χ3v) is 8.17. The highest BCUT2D eigenvalue weighted by molar-refractivity contribution is 6.30. The molecule has 0 aliphatic heterocycles. The molecule has 0 saturated heterocycles. The Balaban J connectivity index is 1.62. The van der Waals surface area contributed by atoms with Crippen LogP contribution >= 0.6 is 11.6 Å². The Bertz CT molecular complexity index is 1630. The molecule has 0 saturated carbocycles. The maximum absolute atomic E-state index is 6.40. The minimum Gasteiger partial charge on any atom is -0.456 e. The van der Waals surface area contributed by atoms with Gasteiger partial charge in [0, 0.05) is 26.6 Å². The highest BCUT2D eigenvalue weighted by Crippen LogP contribution is 2.58. The maximum Gasteiger partial charge on any atom is 0.136 e. The summed E-state index contributed by atoms with van der Waals surface area (Å²) in [5.74, 6) is 0. The smallest absolute Gasteiger partial charge is 0.136 e. The highest BCUT2D eigenvalue weighted by atomic mass is 35.5. The molecule has 7 rings (SSSR count). The SMILES string of the molecule is CC1(C)c2cc(Cl)ccc2-c2cc3c(cc21)-c1c(ccc2oc4ccccc4c12)C3(C)C. The number of para-hydroxylation sites is 1. The van der Waals surface area contributed by atoms with Crippen molar-refractivity contribution in [3.05, 3.63) is 94.0 Å². The van der Waals surface area contributed by atoms with Gasteiger partial charge in [-0.25, -0.2) is 0 Å². The van der Waals surface area contributed by atoms with E-state index in [1.165, 1.54) is 55.3 Å². The van der Waals surface area contributed by atoms with Crippen LogP contribution in [0.5, 0.6) is 0 Å². The minimum atomic E-state index is -0.0934. The Morgan fingerprint density at radius 3 is 2.16 bits per heavy atom. The standard InChI is InChI=1S/C30H23ClO/c1-29(2)21-11-12-26-28(18-7-5-6-8-25(18)32-26)27(21)20-15-23-19(14-24(20)29)17-10-9-16(31)13-22(17)30(23,3)4/h5-15H,1-4H3. The third-order valence-electron chi connectivity index (χ3n) is 7.94. The van der Waals surface area contributed by atoms with E-state index in [0.717, 1.165) is 16.2 Å². The number of furan rings is 1. The lowest BCUT2D eigenvalue weighted by Crippen LogP contribution is -2.17. The van der Waals surface area contributed by atoms with Gasteiger partial charge in [0.25, 0.3) is 0 Å². The van der Waals surface area contributed by atoms with Gasteiger partial charge in [-0.3, -0.25) is 0 Å². The molecule has 0 fully saturated rings. The van der Waals surface area contributed by atoms with Crippen LogP contribution in [0, 0.1) is 0 Å². The van der Waals surface area contributed by atoms with Crippen LogP contribution in [0.3, 0.4) is 0 Å². The molecular formula is C30H23ClO. The average molecular weight is 435 g/mol. The first-order valence-corrected chi connectivity index (χ1v) is 11.6. The van der Waals surface area contributed by atoms with Crippen molar-refractivity contribution in [3.63, 3.8) is 0 Å². The van der Waals surface area contributed by atoms with Crippen molar-refractivity contribution < 1.29 is 4.42 Å². The van der Waals surface area contributed by atoms with Gasteiger partial charge < -0.3 is 4.42 Å². The van der Waals surface area contributed by atoms with Gasteiger partial charge in [-0.05, 0) is 80.9 Å². The first kappa shape index (κ1) is 18.5. The molecule has 2 heteroatoms. The van der Waals surface area contributed by atoms with Crippen LogP contribution in [-0.2, 0) is 10.8 Å². The summed E-state index contributed by atoms with van der Waals surface area (Å²) < 4.78 is 6.24. The molecule has 156 valence electrons. The van der Waals surface area contributed by atoms with Gasteiger partial charge >= 0.3 is 0 Å². The van der Waals surface area contributed by atoms with E-state index in [-0.39, 0.29) is 10.8 Å². The summed E-state index contributed by atoms with van der Waals surface area (Å²) in [6.45, 7) is 9.33. The van der Waals surface area contributed by atoms with Crippen molar-refractivity contribution in [1.29, 1.82) is 0 Å². The van der Waals surface area contributed by atoms with E-state index in [0.29, 0.717) is 0 Å². The summed E-state index contributed by atoms with van der Waals surface area (Å²) in [6.07, 6.45) is 0. The number of halogens is 1. The molecule has 0 N–H and O–H groups in total. The van der Waals surface area contributed by atoms with Gasteiger partial charge in [0.15, 0.2) is 0 Å². The Labute approximate surface area is 192 Å². The minimum absolute atomic E-state index is 0.0778. The largest absolute Gasteiger partial charge is 0.456 e. The summed E-state index contributed by atoms with van der Waals surface area (Å²) in [4.78, 5) is 0. The lowest BCUT2D eigenvalue weighted by Gasteiger charge is -2.24. The predicted octanol–water partition coefficient (Wildman–Crippen LogP) is 8.85. The van der Waals surface area contributed by atoms with Crippen molar-refractivity contribution in [1.82, 2.24) is 0 Å². The molecule has 0 amide bonds. The zero-order valence-corrected chi connectivity index (χ0v) is 19.4. The molecule has 0 atom stereocenters. The lowest BCUT2D eigenvalue weighted by atomic mass is 9.79. The van der Waals surface area contributed by atoms with E-state index in [9.17, 15) is 0 Å². The third kappa shape index (κ3) is 2.06. The van der Waals surface area contributed by atoms with Crippen LogP contribution < -0.4 is 0 Å². The number of fused-ring (bicyclic) bond motifs is 10. The van der Waals surface area contributed by atoms with E-state index in [1.807, 2.05) is 12.1 Å². The first-order valence-electron chi connectivity index (χ1n) is 11.2. The van der Waals surface area contributed by atoms with E-state index in [2.05, 4.69) is 82.3 Å². The van der Waals surface area contributed by atoms with Crippen molar-refractivity contribution in [2.75, 3.05) is 0 Å². The van der Waals surface area contributed by atoms with Gasteiger partial charge in [0.1, 0.15) is 11.2 Å². The van der Waals surface area contributed by atoms with E-state index in [1.54, 1.807) is 0 Å². The highest BCUT2D eigenvalue weighted by Gasteiger charge is 2.42. The van der Waals surface area contributed by atoms with Crippen LogP contribution in [0.1, 0.15) is 49.9 Å². The normalized spacial score (nSPS) is 16.8. The fraction of sp³-hybridized carbons (Fsp3) is 0.200. The van der Waals surface area contributed by atoms with E-state index in [4.69, 9.17) is 16.0 Å². The number of hydrogen-bond acceptors (Lipinski definition) is 1. The van der Waals surface area contributed by atoms with Crippen LogP contribution in [0.4, 0.5) is 0 Å².